The largest absolute Gasteiger partial charge is 0.343 e. The third-order valence-electron chi connectivity index (χ3n) is 2.98. The summed E-state index contributed by atoms with van der Waals surface area (Å²) in [6, 6.07) is 10.4. The van der Waals surface area contributed by atoms with E-state index in [1.54, 1.807) is 0 Å². The summed E-state index contributed by atoms with van der Waals surface area (Å²) in [7, 11) is 0. The van der Waals surface area contributed by atoms with E-state index in [-0.39, 0.29) is 0 Å². The van der Waals surface area contributed by atoms with E-state index in [2.05, 4.69) is 59.5 Å². The number of aryl methyl sites for hydroxylation is 1. The number of aromatic nitrogens is 2. The molecule has 0 fully saturated rings. The molecule has 0 aliphatic rings. The summed E-state index contributed by atoms with van der Waals surface area (Å²) >= 11 is 0. The topological polar surface area (TPSA) is 21.1 Å². The van der Waals surface area contributed by atoms with Crippen LogP contribution in [0.5, 0.6) is 0 Å². The van der Waals surface area contributed by atoms with Crippen molar-refractivity contribution < 1.29 is 0 Å². The summed E-state index contributed by atoms with van der Waals surface area (Å²) in [5.74, 6) is 1.03. The van der Waals surface area contributed by atoms with E-state index in [1.807, 2.05) is 12.3 Å². The van der Waals surface area contributed by atoms with Gasteiger partial charge in [0.1, 0.15) is 0 Å². The zero-order valence-corrected chi connectivity index (χ0v) is 10.7. The monoisotopic (exact) mass is 229 g/mol. The van der Waals surface area contributed by atoms with Crippen molar-refractivity contribution in [3.63, 3.8) is 0 Å². The summed E-state index contributed by atoms with van der Waals surface area (Å²) < 4.78 is 2.20. The predicted molar refractivity (Wildman–Crippen MR) is 71.9 cm³/mol. The van der Waals surface area contributed by atoms with Crippen LogP contribution in [0.15, 0.2) is 36.5 Å². The second kappa shape index (κ2) is 5.04. The Labute approximate surface area is 103 Å². The van der Waals surface area contributed by atoms with Crippen molar-refractivity contribution in [2.75, 3.05) is 18.0 Å². The van der Waals surface area contributed by atoms with E-state index in [0.717, 1.165) is 24.7 Å². The first kappa shape index (κ1) is 11.7. The standard InChI is InChI=1S/C14H19N3/c1-4-16(5-2)14-15-11-12(3)17(14)13-9-7-6-8-10-13/h6-11H,4-5H2,1-3H3. The van der Waals surface area contributed by atoms with E-state index in [1.165, 1.54) is 5.69 Å². The SMILES string of the molecule is CCN(CC)c1ncc(C)n1-c1ccccc1. The van der Waals surface area contributed by atoms with Gasteiger partial charge in [-0.25, -0.2) is 4.98 Å². The van der Waals surface area contributed by atoms with Gasteiger partial charge >= 0.3 is 0 Å². The maximum absolute atomic E-state index is 4.52. The van der Waals surface area contributed by atoms with Crippen LogP contribution in [0.1, 0.15) is 19.5 Å². The fraction of sp³-hybridized carbons (Fsp3) is 0.357. The van der Waals surface area contributed by atoms with Crippen LogP contribution < -0.4 is 4.90 Å². The van der Waals surface area contributed by atoms with E-state index in [9.17, 15) is 0 Å². The Morgan fingerprint density at radius 1 is 1.12 bits per heavy atom. The van der Waals surface area contributed by atoms with Crippen molar-refractivity contribution in [1.29, 1.82) is 0 Å². The highest BCUT2D eigenvalue weighted by atomic mass is 15.3. The maximum atomic E-state index is 4.52. The van der Waals surface area contributed by atoms with Gasteiger partial charge in [-0.3, -0.25) is 4.57 Å². The molecular weight excluding hydrogens is 210 g/mol. The lowest BCUT2D eigenvalue weighted by molar-refractivity contribution is 0.802. The predicted octanol–water partition coefficient (Wildman–Crippen LogP) is 3.03. The summed E-state index contributed by atoms with van der Waals surface area (Å²) in [5, 5.41) is 0. The third kappa shape index (κ3) is 2.18. The fourth-order valence-corrected chi connectivity index (χ4v) is 2.05. The number of nitrogens with zero attached hydrogens (tertiary/aromatic N) is 3. The summed E-state index contributed by atoms with van der Waals surface area (Å²) in [4.78, 5) is 6.79. The molecular formula is C14H19N3. The van der Waals surface area contributed by atoms with Gasteiger partial charge in [0.05, 0.1) is 6.20 Å². The van der Waals surface area contributed by atoms with Gasteiger partial charge in [0, 0.05) is 24.5 Å². The minimum atomic E-state index is 0.972. The Kier molecular flexibility index (Phi) is 3.47. The highest BCUT2D eigenvalue weighted by Gasteiger charge is 2.13. The summed E-state index contributed by atoms with van der Waals surface area (Å²) in [5.41, 5.74) is 2.34. The Morgan fingerprint density at radius 3 is 2.35 bits per heavy atom. The molecule has 0 spiro atoms. The van der Waals surface area contributed by atoms with Crippen molar-refractivity contribution in [1.82, 2.24) is 9.55 Å². The summed E-state index contributed by atoms with van der Waals surface area (Å²) in [6.45, 7) is 8.35. The van der Waals surface area contributed by atoms with Gasteiger partial charge in [0.25, 0.3) is 0 Å². The van der Waals surface area contributed by atoms with E-state index in [0.29, 0.717) is 0 Å². The molecule has 1 heterocycles. The van der Waals surface area contributed by atoms with E-state index in [4.69, 9.17) is 0 Å². The van der Waals surface area contributed by atoms with Crippen LogP contribution in [0.3, 0.4) is 0 Å². The van der Waals surface area contributed by atoms with Gasteiger partial charge in [0.2, 0.25) is 5.95 Å². The molecule has 0 unspecified atom stereocenters. The lowest BCUT2D eigenvalue weighted by Crippen LogP contribution is -2.25. The van der Waals surface area contributed by atoms with Gasteiger partial charge in [-0.15, -0.1) is 0 Å². The first-order valence-corrected chi connectivity index (χ1v) is 6.12. The molecule has 0 radical (unpaired) electrons. The maximum Gasteiger partial charge on any atom is 0.210 e. The Hall–Kier alpha value is -1.77. The van der Waals surface area contributed by atoms with Crippen molar-refractivity contribution in [2.45, 2.75) is 20.8 Å². The molecule has 0 saturated carbocycles. The lowest BCUT2D eigenvalue weighted by atomic mass is 10.3. The third-order valence-corrected chi connectivity index (χ3v) is 2.98. The van der Waals surface area contributed by atoms with Crippen molar-refractivity contribution in [3.8, 4) is 5.69 Å². The average Bonchev–Trinajstić information content (AvgIpc) is 2.74. The number of rotatable bonds is 4. The molecule has 17 heavy (non-hydrogen) atoms. The van der Waals surface area contributed by atoms with Gasteiger partial charge in [-0.2, -0.15) is 0 Å². The molecule has 2 rings (SSSR count). The number of anilines is 1. The van der Waals surface area contributed by atoms with Gasteiger partial charge in [-0.1, -0.05) is 18.2 Å². The molecule has 3 heteroatoms. The Morgan fingerprint density at radius 2 is 1.76 bits per heavy atom. The number of para-hydroxylation sites is 1. The molecule has 0 N–H and O–H groups in total. The molecule has 0 atom stereocenters. The van der Waals surface area contributed by atoms with Crippen molar-refractivity contribution in [3.05, 3.63) is 42.2 Å². The molecule has 90 valence electrons. The lowest BCUT2D eigenvalue weighted by Gasteiger charge is -2.21. The zero-order valence-electron chi connectivity index (χ0n) is 10.7. The second-order valence-electron chi connectivity index (χ2n) is 4.04. The molecule has 3 nitrogen and oxygen atoms in total. The first-order valence-electron chi connectivity index (χ1n) is 6.12. The van der Waals surface area contributed by atoms with Crippen LogP contribution in [-0.4, -0.2) is 22.6 Å². The van der Waals surface area contributed by atoms with Crippen LogP contribution >= 0.6 is 0 Å². The molecule has 0 saturated heterocycles. The molecule has 0 aliphatic carbocycles. The zero-order chi connectivity index (χ0) is 12.3. The Balaban J connectivity index is 2.50. The Bertz CT molecular complexity index is 469. The van der Waals surface area contributed by atoms with Crippen molar-refractivity contribution in [2.24, 2.45) is 0 Å². The molecule has 1 aromatic heterocycles. The average molecular weight is 229 g/mol. The number of benzene rings is 1. The molecule has 0 bridgehead atoms. The van der Waals surface area contributed by atoms with Gasteiger partial charge < -0.3 is 4.90 Å². The highest BCUT2D eigenvalue weighted by molar-refractivity contribution is 5.45. The minimum Gasteiger partial charge on any atom is -0.343 e. The molecule has 2 aromatic rings. The van der Waals surface area contributed by atoms with Crippen LogP contribution in [0.25, 0.3) is 5.69 Å². The van der Waals surface area contributed by atoms with Gasteiger partial charge in [0.15, 0.2) is 0 Å². The molecule has 0 aliphatic heterocycles. The highest BCUT2D eigenvalue weighted by Crippen LogP contribution is 2.20. The van der Waals surface area contributed by atoms with E-state index >= 15 is 0 Å². The fourth-order valence-electron chi connectivity index (χ4n) is 2.05. The quantitative estimate of drug-likeness (QED) is 0.803. The van der Waals surface area contributed by atoms with Crippen LogP contribution in [-0.2, 0) is 0 Å². The van der Waals surface area contributed by atoms with Crippen LogP contribution in [0, 0.1) is 6.92 Å². The smallest absolute Gasteiger partial charge is 0.210 e. The number of hydrogen-bond acceptors (Lipinski definition) is 2. The number of imidazole rings is 1. The summed E-state index contributed by atoms with van der Waals surface area (Å²) in [6.07, 6.45) is 1.93. The van der Waals surface area contributed by atoms with Crippen LogP contribution in [0.4, 0.5) is 5.95 Å². The number of hydrogen-bond donors (Lipinski definition) is 0. The van der Waals surface area contributed by atoms with Crippen LogP contribution in [0.2, 0.25) is 0 Å². The minimum absolute atomic E-state index is 0.972. The first-order chi connectivity index (χ1) is 8.27. The van der Waals surface area contributed by atoms with E-state index < -0.39 is 0 Å². The second-order valence-corrected chi connectivity index (χ2v) is 4.04. The molecule has 1 aromatic carbocycles. The normalized spacial score (nSPS) is 10.5. The van der Waals surface area contributed by atoms with Gasteiger partial charge in [-0.05, 0) is 32.9 Å². The van der Waals surface area contributed by atoms with Crippen molar-refractivity contribution >= 4 is 5.95 Å². The molecule has 0 amide bonds.